The lowest BCUT2D eigenvalue weighted by Crippen LogP contribution is -2.40. The molecule has 5 heteroatoms. The molecule has 0 spiro atoms. The zero-order valence-corrected chi connectivity index (χ0v) is 11.2. The van der Waals surface area contributed by atoms with Crippen molar-refractivity contribution in [2.45, 2.75) is 32.3 Å². The number of nitrogens with two attached hydrogens (primary N) is 1. The Morgan fingerprint density at radius 2 is 2.12 bits per heavy atom. The molecule has 1 unspecified atom stereocenters. The molecule has 1 aromatic rings. The van der Waals surface area contributed by atoms with Gasteiger partial charge in [0, 0.05) is 6.20 Å². The van der Waals surface area contributed by atoms with Gasteiger partial charge >= 0.3 is 0 Å². The number of hydrogen-bond acceptors (Lipinski definition) is 3. The van der Waals surface area contributed by atoms with E-state index in [4.69, 9.17) is 10.5 Å². The van der Waals surface area contributed by atoms with Crippen LogP contribution in [0.3, 0.4) is 0 Å². The molecule has 0 aliphatic rings. The zero-order chi connectivity index (χ0) is 12.3. The summed E-state index contributed by atoms with van der Waals surface area (Å²) in [4.78, 5) is 15.2. The number of rotatable bonds is 4. The van der Waals surface area contributed by atoms with Crippen molar-refractivity contribution in [1.82, 2.24) is 4.98 Å². The minimum absolute atomic E-state index is 0.0838. The van der Waals surface area contributed by atoms with E-state index in [0.717, 1.165) is 0 Å². The molecule has 0 bridgehead atoms. The molecule has 0 radical (unpaired) electrons. The van der Waals surface area contributed by atoms with Crippen LogP contribution in [0.15, 0.2) is 18.3 Å². The molecular formula is C11H18N2O2Si. The number of pyridine rings is 1. The molecule has 16 heavy (non-hydrogen) atoms. The lowest BCUT2D eigenvalue weighted by molar-refractivity contribution is 0.0994. The predicted octanol–water partition coefficient (Wildman–Crippen LogP) is 1.83. The summed E-state index contributed by atoms with van der Waals surface area (Å²) in [5.74, 6) is -0.171. The molecule has 1 aromatic heterocycles. The Bertz CT molecular complexity index is 388. The number of carbonyl (C=O) groups excluding carboxylic acids is 1. The molecule has 0 saturated heterocycles. The smallest absolute Gasteiger partial charge is 0.254 e. The van der Waals surface area contributed by atoms with Gasteiger partial charge in [0.15, 0.2) is 0 Å². The lowest BCUT2D eigenvalue weighted by Gasteiger charge is -2.25. The summed E-state index contributed by atoms with van der Waals surface area (Å²) >= 11 is 0. The van der Waals surface area contributed by atoms with E-state index >= 15 is 0 Å². The number of hydrogen-bond donors (Lipinski definition) is 1. The third-order valence-electron chi connectivity index (χ3n) is 2.54. The van der Waals surface area contributed by atoms with Gasteiger partial charge in [-0.05, 0) is 19.1 Å². The van der Waals surface area contributed by atoms with Gasteiger partial charge in [-0.1, -0.05) is 19.6 Å². The molecule has 0 aliphatic heterocycles. The standard InChI is InChI=1S/C11H18N2O2Si/c1-8(16(2,3)4)15-11-9(10(12)14)6-5-7-13-11/h5-8H,1-4H3,(H2,12,14). The quantitative estimate of drug-likeness (QED) is 0.814. The van der Waals surface area contributed by atoms with E-state index in [-0.39, 0.29) is 5.73 Å². The van der Waals surface area contributed by atoms with Gasteiger partial charge < -0.3 is 10.5 Å². The number of ether oxygens (including phenoxy) is 1. The fraction of sp³-hybridized carbons (Fsp3) is 0.455. The van der Waals surface area contributed by atoms with Crippen molar-refractivity contribution in [3.8, 4) is 5.88 Å². The van der Waals surface area contributed by atoms with Crippen LogP contribution in [0.2, 0.25) is 19.6 Å². The van der Waals surface area contributed by atoms with E-state index in [0.29, 0.717) is 11.4 Å². The van der Waals surface area contributed by atoms with E-state index in [1.807, 2.05) is 6.92 Å². The first kappa shape index (κ1) is 12.7. The zero-order valence-electron chi connectivity index (χ0n) is 10.2. The molecule has 1 rings (SSSR count). The van der Waals surface area contributed by atoms with Crippen LogP contribution in [0, 0.1) is 0 Å². The molecule has 0 fully saturated rings. The first-order valence-corrected chi connectivity index (χ1v) is 8.81. The largest absolute Gasteiger partial charge is 0.478 e. The summed E-state index contributed by atoms with van der Waals surface area (Å²) in [6, 6.07) is 3.30. The van der Waals surface area contributed by atoms with Crippen molar-refractivity contribution < 1.29 is 9.53 Å². The van der Waals surface area contributed by atoms with Gasteiger partial charge in [0.2, 0.25) is 5.88 Å². The first-order chi connectivity index (χ1) is 7.32. The number of nitrogens with zero attached hydrogens (tertiary/aromatic N) is 1. The molecule has 0 aliphatic carbocycles. The molecule has 88 valence electrons. The number of aromatic nitrogens is 1. The summed E-state index contributed by atoms with van der Waals surface area (Å²) in [6.07, 6.45) is 1.60. The number of primary amides is 1. The van der Waals surface area contributed by atoms with Gasteiger partial charge in [-0.2, -0.15) is 0 Å². The molecule has 1 amide bonds. The van der Waals surface area contributed by atoms with Crippen molar-refractivity contribution in [2.24, 2.45) is 5.73 Å². The Hall–Kier alpha value is -1.36. The van der Waals surface area contributed by atoms with Gasteiger partial charge in [-0.15, -0.1) is 0 Å². The number of carbonyl (C=O) groups is 1. The fourth-order valence-corrected chi connectivity index (χ4v) is 1.48. The van der Waals surface area contributed by atoms with Gasteiger partial charge in [-0.3, -0.25) is 4.79 Å². The van der Waals surface area contributed by atoms with Crippen molar-refractivity contribution >= 4 is 14.0 Å². The summed E-state index contributed by atoms with van der Waals surface area (Å²) in [5, 5.41) is 0. The first-order valence-electron chi connectivity index (χ1n) is 5.24. The van der Waals surface area contributed by atoms with Crippen LogP contribution in [0.5, 0.6) is 5.88 Å². The third-order valence-corrected chi connectivity index (χ3v) is 5.10. The Morgan fingerprint density at radius 3 is 2.62 bits per heavy atom. The van der Waals surface area contributed by atoms with Crippen molar-refractivity contribution in [3.05, 3.63) is 23.9 Å². The van der Waals surface area contributed by atoms with Crippen LogP contribution in [0.25, 0.3) is 0 Å². The lowest BCUT2D eigenvalue weighted by atomic mass is 10.2. The Balaban J connectivity index is 2.93. The summed E-state index contributed by atoms with van der Waals surface area (Å²) in [6.45, 7) is 8.60. The summed E-state index contributed by atoms with van der Waals surface area (Å²) < 4.78 is 5.72. The van der Waals surface area contributed by atoms with E-state index in [2.05, 4.69) is 24.6 Å². The maximum Gasteiger partial charge on any atom is 0.254 e. The van der Waals surface area contributed by atoms with Crippen LogP contribution in [0.1, 0.15) is 17.3 Å². The van der Waals surface area contributed by atoms with Crippen LogP contribution in [-0.4, -0.2) is 24.7 Å². The van der Waals surface area contributed by atoms with Gasteiger partial charge in [-0.25, -0.2) is 4.98 Å². The Kier molecular flexibility index (Phi) is 3.69. The fourth-order valence-electron chi connectivity index (χ4n) is 1.02. The molecule has 0 saturated carbocycles. The molecular weight excluding hydrogens is 220 g/mol. The molecule has 2 N–H and O–H groups in total. The normalized spacial score (nSPS) is 13.2. The third kappa shape index (κ3) is 3.06. The van der Waals surface area contributed by atoms with Crippen LogP contribution in [0.4, 0.5) is 0 Å². The highest BCUT2D eigenvalue weighted by Gasteiger charge is 2.26. The monoisotopic (exact) mass is 238 g/mol. The van der Waals surface area contributed by atoms with Crippen LogP contribution >= 0.6 is 0 Å². The Labute approximate surface area is 96.8 Å². The maximum atomic E-state index is 11.2. The van der Waals surface area contributed by atoms with Crippen molar-refractivity contribution in [3.63, 3.8) is 0 Å². The van der Waals surface area contributed by atoms with E-state index in [1.54, 1.807) is 18.3 Å². The van der Waals surface area contributed by atoms with E-state index < -0.39 is 14.0 Å². The van der Waals surface area contributed by atoms with E-state index in [9.17, 15) is 4.79 Å². The second kappa shape index (κ2) is 4.65. The van der Waals surface area contributed by atoms with Gasteiger partial charge in [0.1, 0.15) is 5.56 Å². The maximum absolute atomic E-state index is 11.2. The number of amides is 1. The second-order valence-corrected chi connectivity index (χ2v) is 10.4. The summed E-state index contributed by atoms with van der Waals surface area (Å²) in [7, 11) is -1.42. The topological polar surface area (TPSA) is 65.2 Å². The summed E-state index contributed by atoms with van der Waals surface area (Å²) in [5.41, 5.74) is 5.68. The Morgan fingerprint density at radius 1 is 1.50 bits per heavy atom. The highest BCUT2D eigenvalue weighted by atomic mass is 28.3. The molecule has 4 nitrogen and oxygen atoms in total. The van der Waals surface area contributed by atoms with Gasteiger partial charge in [0.25, 0.3) is 5.91 Å². The average molecular weight is 238 g/mol. The van der Waals surface area contributed by atoms with Crippen LogP contribution in [-0.2, 0) is 0 Å². The van der Waals surface area contributed by atoms with Crippen molar-refractivity contribution in [1.29, 1.82) is 0 Å². The van der Waals surface area contributed by atoms with Crippen molar-refractivity contribution in [2.75, 3.05) is 0 Å². The molecule has 1 atom stereocenters. The molecule has 0 aromatic carbocycles. The predicted molar refractivity (Wildman–Crippen MR) is 66.2 cm³/mol. The van der Waals surface area contributed by atoms with Gasteiger partial charge in [0.05, 0.1) is 13.8 Å². The van der Waals surface area contributed by atoms with E-state index in [1.165, 1.54) is 0 Å². The average Bonchev–Trinajstić information content (AvgIpc) is 2.16. The minimum atomic E-state index is -1.42. The minimum Gasteiger partial charge on any atom is -0.478 e. The van der Waals surface area contributed by atoms with Crippen LogP contribution < -0.4 is 10.5 Å². The highest BCUT2D eigenvalue weighted by Crippen LogP contribution is 2.19. The highest BCUT2D eigenvalue weighted by molar-refractivity contribution is 6.77. The second-order valence-electron chi connectivity index (χ2n) is 4.85. The SMILES string of the molecule is CC(Oc1ncccc1C(N)=O)[Si](C)(C)C. The molecule has 1 heterocycles.